The minimum Gasteiger partial charge on any atom is -0.382 e. The standard InChI is InChI=1S/C11H21N3O/c1-4-5-11-13-6-7-14(11)10(8-12-2)9-15-3/h6-7,10,12H,4-5,8-9H2,1-3H3. The number of aryl methyl sites for hydroxylation is 1. The van der Waals surface area contributed by atoms with Crippen LogP contribution in [0.5, 0.6) is 0 Å². The summed E-state index contributed by atoms with van der Waals surface area (Å²) in [4.78, 5) is 4.37. The summed E-state index contributed by atoms with van der Waals surface area (Å²) in [5, 5.41) is 3.18. The van der Waals surface area contributed by atoms with Crippen molar-refractivity contribution in [3.8, 4) is 0 Å². The van der Waals surface area contributed by atoms with Crippen molar-refractivity contribution in [2.24, 2.45) is 0 Å². The van der Waals surface area contributed by atoms with Gasteiger partial charge in [-0.25, -0.2) is 4.98 Å². The normalized spacial score (nSPS) is 13.0. The Labute approximate surface area is 91.7 Å². The first-order chi connectivity index (χ1) is 7.33. The minimum absolute atomic E-state index is 0.337. The molecule has 1 rings (SSSR count). The van der Waals surface area contributed by atoms with Crippen LogP contribution in [-0.2, 0) is 11.2 Å². The molecule has 0 aromatic carbocycles. The van der Waals surface area contributed by atoms with Crippen molar-refractivity contribution in [3.05, 3.63) is 18.2 Å². The molecule has 0 amide bonds. The van der Waals surface area contributed by atoms with Crippen LogP contribution in [0.4, 0.5) is 0 Å². The number of hydrogen-bond acceptors (Lipinski definition) is 3. The quantitative estimate of drug-likeness (QED) is 0.737. The largest absolute Gasteiger partial charge is 0.382 e. The summed E-state index contributed by atoms with van der Waals surface area (Å²) in [5.74, 6) is 1.15. The van der Waals surface area contributed by atoms with Gasteiger partial charge in [-0.05, 0) is 13.5 Å². The molecule has 0 spiro atoms. The van der Waals surface area contributed by atoms with Crippen molar-refractivity contribution in [3.63, 3.8) is 0 Å². The molecule has 0 bridgehead atoms. The lowest BCUT2D eigenvalue weighted by Crippen LogP contribution is -2.27. The molecule has 0 aliphatic carbocycles. The van der Waals surface area contributed by atoms with E-state index in [2.05, 4.69) is 21.8 Å². The van der Waals surface area contributed by atoms with Crippen molar-refractivity contribution in [2.75, 3.05) is 27.3 Å². The molecule has 0 saturated carbocycles. The molecule has 15 heavy (non-hydrogen) atoms. The second kappa shape index (κ2) is 6.58. The van der Waals surface area contributed by atoms with Crippen LogP contribution in [0.1, 0.15) is 25.2 Å². The highest BCUT2D eigenvalue weighted by atomic mass is 16.5. The molecule has 4 nitrogen and oxygen atoms in total. The molecule has 0 radical (unpaired) electrons. The Kier molecular flexibility index (Phi) is 5.36. The van der Waals surface area contributed by atoms with E-state index in [1.165, 1.54) is 0 Å². The SMILES string of the molecule is CCCc1nccn1C(CNC)COC. The number of hydrogen-bond donors (Lipinski definition) is 1. The van der Waals surface area contributed by atoms with Gasteiger partial charge in [0.25, 0.3) is 0 Å². The van der Waals surface area contributed by atoms with Crippen LogP contribution < -0.4 is 5.32 Å². The van der Waals surface area contributed by atoms with Gasteiger partial charge in [-0.2, -0.15) is 0 Å². The molecular weight excluding hydrogens is 190 g/mol. The third-order valence-corrected chi connectivity index (χ3v) is 2.41. The van der Waals surface area contributed by atoms with Crippen LogP contribution in [0.2, 0.25) is 0 Å². The van der Waals surface area contributed by atoms with Crippen molar-refractivity contribution in [1.82, 2.24) is 14.9 Å². The topological polar surface area (TPSA) is 39.1 Å². The van der Waals surface area contributed by atoms with E-state index < -0.39 is 0 Å². The van der Waals surface area contributed by atoms with Crippen molar-refractivity contribution in [1.29, 1.82) is 0 Å². The molecule has 0 aliphatic rings. The lowest BCUT2D eigenvalue weighted by Gasteiger charge is -2.19. The van der Waals surface area contributed by atoms with E-state index in [4.69, 9.17) is 4.74 Å². The summed E-state index contributed by atoms with van der Waals surface area (Å²) in [6.07, 6.45) is 6.04. The predicted octanol–water partition coefficient (Wildman–Crippen LogP) is 1.24. The van der Waals surface area contributed by atoms with Gasteiger partial charge in [0.1, 0.15) is 5.82 Å². The Morgan fingerprint density at radius 1 is 1.60 bits per heavy atom. The molecule has 0 aliphatic heterocycles. The first kappa shape index (κ1) is 12.2. The minimum atomic E-state index is 0.337. The molecule has 1 aromatic rings. The summed E-state index contributed by atoms with van der Waals surface area (Å²) in [7, 11) is 3.69. The maximum Gasteiger partial charge on any atom is 0.108 e. The van der Waals surface area contributed by atoms with E-state index in [1.807, 2.05) is 19.4 Å². The summed E-state index contributed by atoms with van der Waals surface area (Å²) in [6.45, 7) is 3.79. The van der Waals surface area contributed by atoms with Gasteiger partial charge in [0.2, 0.25) is 0 Å². The summed E-state index contributed by atoms with van der Waals surface area (Å²) < 4.78 is 7.44. The molecule has 1 aromatic heterocycles. The molecule has 86 valence electrons. The van der Waals surface area contributed by atoms with Gasteiger partial charge in [0, 0.05) is 32.5 Å². The maximum atomic E-state index is 5.22. The van der Waals surface area contributed by atoms with E-state index in [0.717, 1.165) is 25.2 Å². The molecule has 1 heterocycles. The van der Waals surface area contributed by atoms with Gasteiger partial charge in [-0.15, -0.1) is 0 Å². The Morgan fingerprint density at radius 2 is 2.40 bits per heavy atom. The van der Waals surface area contributed by atoms with Crippen molar-refractivity contribution < 1.29 is 4.74 Å². The lowest BCUT2D eigenvalue weighted by atomic mass is 10.2. The van der Waals surface area contributed by atoms with Gasteiger partial charge in [-0.3, -0.25) is 0 Å². The molecule has 1 atom stereocenters. The first-order valence-corrected chi connectivity index (χ1v) is 5.48. The highest BCUT2D eigenvalue weighted by Crippen LogP contribution is 2.11. The van der Waals surface area contributed by atoms with Crippen LogP contribution in [0.3, 0.4) is 0 Å². The van der Waals surface area contributed by atoms with Crippen LogP contribution in [-0.4, -0.2) is 36.9 Å². The Morgan fingerprint density at radius 3 is 3.00 bits per heavy atom. The van der Waals surface area contributed by atoms with Gasteiger partial charge in [0.15, 0.2) is 0 Å². The van der Waals surface area contributed by atoms with Crippen LogP contribution >= 0.6 is 0 Å². The summed E-state index contributed by atoms with van der Waals surface area (Å²) >= 11 is 0. The van der Waals surface area contributed by atoms with Gasteiger partial charge < -0.3 is 14.6 Å². The smallest absolute Gasteiger partial charge is 0.108 e. The lowest BCUT2D eigenvalue weighted by molar-refractivity contribution is 0.153. The Bertz CT molecular complexity index is 267. The van der Waals surface area contributed by atoms with E-state index in [1.54, 1.807) is 7.11 Å². The zero-order valence-electron chi connectivity index (χ0n) is 9.86. The summed E-state index contributed by atoms with van der Waals surface area (Å²) in [5.41, 5.74) is 0. The number of imidazole rings is 1. The molecule has 1 N–H and O–H groups in total. The summed E-state index contributed by atoms with van der Waals surface area (Å²) in [6, 6.07) is 0.337. The highest BCUT2D eigenvalue weighted by molar-refractivity contribution is 4.96. The molecular formula is C11H21N3O. The van der Waals surface area contributed by atoms with Gasteiger partial charge in [0.05, 0.1) is 12.6 Å². The van der Waals surface area contributed by atoms with Crippen molar-refractivity contribution in [2.45, 2.75) is 25.8 Å². The zero-order valence-corrected chi connectivity index (χ0v) is 9.86. The van der Waals surface area contributed by atoms with E-state index in [0.29, 0.717) is 12.6 Å². The van der Waals surface area contributed by atoms with Crippen molar-refractivity contribution >= 4 is 0 Å². The molecule has 1 unspecified atom stereocenters. The number of likely N-dealkylation sites (N-methyl/N-ethyl adjacent to an activating group) is 1. The molecule has 0 fully saturated rings. The zero-order chi connectivity index (χ0) is 11.1. The fourth-order valence-electron chi connectivity index (χ4n) is 1.76. The Hall–Kier alpha value is -0.870. The average Bonchev–Trinajstić information content (AvgIpc) is 2.66. The second-order valence-electron chi connectivity index (χ2n) is 3.67. The van der Waals surface area contributed by atoms with Crippen LogP contribution in [0, 0.1) is 0 Å². The van der Waals surface area contributed by atoms with E-state index >= 15 is 0 Å². The third-order valence-electron chi connectivity index (χ3n) is 2.41. The fourth-order valence-corrected chi connectivity index (χ4v) is 1.76. The second-order valence-corrected chi connectivity index (χ2v) is 3.67. The number of ether oxygens (including phenoxy) is 1. The van der Waals surface area contributed by atoms with Crippen LogP contribution in [0.15, 0.2) is 12.4 Å². The van der Waals surface area contributed by atoms with Gasteiger partial charge >= 0.3 is 0 Å². The first-order valence-electron chi connectivity index (χ1n) is 5.48. The Balaban J connectivity index is 2.74. The van der Waals surface area contributed by atoms with Crippen LogP contribution in [0.25, 0.3) is 0 Å². The molecule has 0 saturated heterocycles. The highest BCUT2D eigenvalue weighted by Gasteiger charge is 2.12. The molecule has 4 heteroatoms. The fraction of sp³-hybridized carbons (Fsp3) is 0.727. The van der Waals surface area contributed by atoms with E-state index in [-0.39, 0.29) is 0 Å². The average molecular weight is 211 g/mol. The van der Waals surface area contributed by atoms with E-state index in [9.17, 15) is 0 Å². The predicted molar refractivity (Wildman–Crippen MR) is 61.1 cm³/mol. The number of rotatable bonds is 7. The van der Waals surface area contributed by atoms with Gasteiger partial charge in [-0.1, -0.05) is 6.92 Å². The number of nitrogens with zero attached hydrogens (tertiary/aromatic N) is 2. The number of methoxy groups -OCH3 is 1. The number of nitrogens with one attached hydrogen (secondary N) is 1. The number of aromatic nitrogens is 2. The third kappa shape index (κ3) is 3.32. The monoisotopic (exact) mass is 211 g/mol. The maximum absolute atomic E-state index is 5.22.